The number of piperidine rings is 1. The molecule has 1 aliphatic heterocycles. The number of allylic oxidation sites excluding steroid dienone is 1. The first kappa shape index (κ1) is 27.2. The summed E-state index contributed by atoms with van der Waals surface area (Å²) in [6.07, 6.45) is 3.31. The highest BCUT2D eigenvalue weighted by Crippen LogP contribution is 2.23. The molecule has 1 fully saturated rings. The van der Waals surface area contributed by atoms with Crippen molar-refractivity contribution >= 4 is 19.1 Å². The van der Waals surface area contributed by atoms with Gasteiger partial charge < -0.3 is 29.7 Å². The summed E-state index contributed by atoms with van der Waals surface area (Å²) in [5.74, 6) is -0.748. The molecule has 10 heteroatoms. The lowest BCUT2D eigenvalue weighted by Gasteiger charge is -2.35. The van der Waals surface area contributed by atoms with Crippen LogP contribution in [-0.4, -0.2) is 66.3 Å². The number of carbonyl (C=O) groups excluding carboxylic acids is 2. The monoisotopic (exact) mass is 471 g/mol. The molecule has 184 valence electrons. The van der Waals surface area contributed by atoms with Crippen molar-refractivity contribution in [1.82, 2.24) is 10.2 Å². The molecule has 9 nitrogen and oxygen atoms in total. The van der Waals surface area contributed by atoms with Crippen molar-refractivity contribution in [2.45, 2.75) is 58.4 Å². The van der Waals surface area contributed by atoms with Gasteiger partial charge in [0.15, 0.2) is 0 Å². The van der Waals surface area contributed by atoms with E-state index in [2.05, 4.69) is 5.32 Å². The molecule has 34 heavy (non-hydrogen) atoms. The number of hydrogen-bond donors (Lipinski definition) is 3. The molecule has 0 radical (unpaired) electrons. The molecule has 0 saturated carbocycles. The molecule has 1 heterocycles. The number of hydrogen-bond acceptors (Lipinski definition) is 7. The third-order valence-corrected chi connectivity index (χ3v) is 5.48. The van der Waals surface area contributed by atoms with Crippen molar-refractivity contribution in [2.75, 3.05) is 20.3 Å². The van der Waals surface area contributed by atoms with E-state index in [0.29, 0.717) is 18.7 Å². The zero-order valence-corrected chi connectivity index (χ0v) is 20.3. The lowest BCUT2D eigenvalue weighted by molar-refractivity contribution is -0.131. The average molecular weight is 471 g/mol. The number of ether oxygens (including phenoxy) is 2. The third-order valence-electron chi connectivity index (χ3n) is 5.48. The first-order valence-corrected chi connectivity index (χ1v) is 11.4. The molecule has 1 aliphatic rings. The van der Waals surface area contributed by atoms with E-state index in [1.807, 2.05) is 26.8 Å². The van der Waals surface area contributed by atoms with Crippen LogP contribution >= 0.6 is 0 Å². The molecule has 1 aromatic carbocycles. The number of benzene rings is 1. The molecule has 1 unspecified atom stereocenters. The predicted octanol–water partition coefficient (Wildman–Crippen LogP) is 2.22. The highest BCUT2D eigenvalue weighted by Gasteiger charge is 2.31. The van der Waals surface area contributed by atoms with E-state index < -0.39 is 19.2 Å². The Balaban J connectivity index is 2.00. The SMILES string of the molecule is COc1cccc(C[C@H](NC(=O)OCC2CCCCN2C(=O)C(C#N)=CC(C)(C)C)B(O)O)c1. The van der Waals surface area contributed by atoms with Gasteiger partial charge in [0, 0.05) is 6.54 Å². The van der Waals surface area contributed by atoms with Gasteiger partial charge in [0.25, 0.3) is 5.91 Å². The van der Waals surface area contributed by atoms with Gasteiger partial charge in [-0.2, -0.15) is 5.26 Å². The Morgan fingerprint density at radius 2 is 2.09 bits per heavy atom. The summed E-state index contributed by atoms with van der Waals surface area (Å²) in [7, 11) is -0.266. The predicted molar refractivity (Wildman–Crippen MR) is 128 cm³/mol. The number of likely N-dealkylation sites (tertiary alicyclic amines) is 1. The summed E-state index contributed by atoms with van der Waals surface area (Å²) in [6, 6.07) is 8.70. The first-order valence-electron chi connectivity index (χ1n) is 11.4. The maximum absolute atomic E-state index is 13.0. The van der Waals surface area contributed by atoms with E-state index in [9.17, 15) is 24.9 Å². The third kappa shape index (κ3) is 8.39. The van der Waals surface area contributed by atoms with Crippen LogP contribution in [0.15, 0.2) is 35.9 Å². The van der Waals surface area contributed by atoms with E-state index in [1.165, 1.54) is 7.11 Å². The van der Waals surface area contributed by atoms with Crippen LogP contribution in [0.1, 0.15) is 45.6 Å². The van der Waals surface area contributed by atoms with Gasteiger partial charge in [-0.3, -0.25) is 4.79 Å². The van der Waals surface area contributed by atoms with Crippen LogP contribution < -0.4 is 10.1 Å². The van der Waals surface area contributed by atoms with Gasteiger partial charge in [0.1, 0.15) is 24.0 Å². The van der Waals surface area contributed by atoms with Crippen LogP contribution in [0.2, 0.25) is 0 Å². The minimum Gasteiger partial charge on any atom is -0.497 e. The van der Waals surface area contributed by atoms with E-state index in [0.717, 1.165) is 18.4 Å². The first-order chi connectivity index (χ1) is 16.0. The van der Waals surface area contributed by atoms with Crippen LogP contribution in [0.3, 0.4) is 0 Å². The molecule has 2 atom stereocenters. The highest BCUT2D eigenvalue weighted by atomic mass is 16.5. The fourth-order valence-corrected chi connectivity index (χ4v) is 3.82. The maximum Gasteiger partial charge on any atom is 0.475 e. The second-order valence-corrected chi connectivity index (χ2v) is 9.50. The zero-order valence-electron chi connectivity index (χ0n) is 20.3. The van der Waals surface area contributed by atoms with Gasteiger partial charge >= 0.3 is 13.2 Å². The molecule has 0 aromatic heterocycles. The van der Waals surface area contributed by atoms with Crippen LogP contribution in [-0.2, 0) is 16.0 Å². The van der Waals surface area contributed by atoms with Crippen molar-refractivity contribution in [3.05, 3.63) is 41.5 Å². The molecule has 3 N–H and O–H groups in total. The Labute approximate surface area is 201 Å². The summed E-state index contributed by atoms with van der Waals surface area (Å²) in [5.41, 5.74) is 0.493. The summed E-state index contributed by atoms with van der Waals surface area (Å²) in [6.45, 7) is 6.16. The summed E-state index contributed by atoms with van der Waals surface area (Å²) < 4.78 is 10.5. The zero-order chi connectivity index (χ0) is 25.3. The number of nitrogens with zero attached hydrogens (tertiary/aromatic N) is 2. The van der Waals surface area contributed by atoms with Crippen molar-refractivity contribution < 1.29 is 29.1 Å². The fourth-order valence-electron chi connectivity index (χ4n) is 3.82. The van der Waals surface area contributed by atoms with E-state index in [-0.39, 0.29) is 36.0 Å². The number of alkyl carbamates (subject to hydrolysis) is 1. The summed E-state index contributed by atoms with van der Waals surface area (Å²) in [5, 5.41) is 31.4. The molecule has 0 bridgehead atoms. The molecule has 2 rings (SSSR count). The van der Waals surface area contributed by atoms with Crippen LogP contribution in [0.25, 0.3) is 0 Å². The van der Waals surface area contributed by atoms with Gasteiger partial charge in [-0.05, 0) is 48.8 Å². The van der Waals surface area contributed by atoms with Gasteiger partial charge in [0.2, 0.25) is 0 Å². The summed E-state index contributed by atoms with van der Waals surface area (Å²) in [4.78, 5) is 27.0. The Morgan fingerprint density at radius 1 is 1.35 bits per heavy atom. The number of nitrogens with one attached hydrogen (secondary N) is 1. The minimum atomic E-state index is -1.80. The normalized spacial score (nSPS) is 17.4. The molecule has 0 spiro atoms. The van der Waals surface area contributed by atoms with Gasteiger partial charge in [0.05, 0.1) is 19.1 Å². The van der Waals surface area contributed by atoms with E-state index in [4.69, 9.17) is 9.47 Å². The fraction of sp³-hybridized carbons (Fsp3) is 0.542. The number of methoxy groups -OCH3 is 1. The Kier molecular flexibility index (Phi) is 9.96. The number of rotatable bonds is 8. The molecule has 2 amide bonds. The molecular weight excluding hydrogens is 437 g/mol. The van der Waals surface area contributed by atoms with Crippen molar-refractivity contribution in [3.63, 3.8) is 0 Å². The van der Waals surface area contributed by atoms with E-state index >= 15 is 0 Å². The standard InChI is InChI=1S/C24H34BN3O6/c1-24(2,3)14-18(15-26)22(29)28-11-6-5-9-19(28)16-34-23(30)27-21(25(31)32)13-17-8-7-10-20(12-17)33-4/h7-8,10,12,14,19,21,31-32H,5-6,9,11,13,16H2,1-4H3,(H,27,30)/t19?,21-/m0/s1. The highest BCUT2D eigenvalue weighted by molar-refractivity contribution is 6.43. The Hall–Kier alpha value is -3.03. The topological polar surface area (TPSA) is 132 Å². The Bertz CT molecular complexity index is 922. The summed E-state index contributed by atoms with van der Waals surface area (Å²) >= 11 is 0. The minimum absolute atomic E-state index is 0.0563. The maximum atomic E-state index is 13.0. The van der Waals surface area contributed by atoms with Crippen LogP contribution in [0.4, 0.5) is 4.79 Å². The largest absolute Gasteiger partial charge is 0.497 e. The van der Waals surface area contributed by atoms with Crippen molar-refractivity contribution in [2.24, 2.45) is 5.41 Å². The second kappa shape index (κ2) is 12.4. The van der Waals surface area contributed by atoms with Gasteiger partial charge in [-0.1, -0.05) is 39.0 Å². The quantitative estimate of drug-likeness (QED) is 0.301. The molecule has 0 aliphatic carbocycles. The number of carbonyl (C=O) groups is 2. The van der Waals surface area contributed by atoms with Crippen molar-refractivity contribution in [3.8, 4) is 11.8 Å². The average Bonchev–Trinajstić information content (AvgIpc) is 2.80. The smallest absolute Gasteiger partial charge is 0.475 e. The number of nitriles is 1. The second-order valence-electron chi connectivity index (χ2n) is 9.50. The molecular formula is C24H34BN3O6. The van der Waals surface area contributed by atoms with Crippen LogP contribution in [0.5, 0.6) is 5.75 Å². The van der Waals surface area contributed by atoms with Crippen LogP contribution in [0, 0.1) is 16.7 Å². The lowest BCUT2D eigenvalue weighted by Crippen LogP contribution is -2.50. The number of amides is 2. The van der Waals surface area contributed by atoms with E-state index in [1.54, 1.807) is 35.2 Å². The van der Waals surface area contributed by atoms with Gasteiger partial charge in [-0.25, -0.2) is 4.79 Å². The lowest BCUT2D eigenvalue weighted by atomic mass is 9.76. The molecule has 1 aromatic rings. The van der Waals surface area contributed by atoms with Gasteiger partial charge in [-0.15, -0.1) is 0 Å². The molecule has 1 saturated heterocycles. The Morgan fingerprint density at radius 3 is 2.71 bits per heavy atom. The van der Waals surface area contributed by atoms with Crippen molar-refractivity contribution in [1.29, 1.82) is 5.26 Å².